The summed E-state index contributed by atoms with van der Waals surface area (Å²) >= 11 is 0. The van der Waals surface area contributed by atoms with Crippen LogP contribution >= 0.6 is 0 Å². The second-order valence-electron chi connectivity index (χ2n) is 5.16. The van der Waals surface area contributed by atoms with E-state index >= 15 is 0 Å². The van der Waals surface area contributed by atoms with Gasteiger partial charge in [0, 0.05) is 31.4 Å². The highest BCUT2D eigenvalue weighted by atomic mass is 19.1. The quantitative estimate of drug-likeness (QED) is 0.913. The Kier molecular flexibility index (Phi) is 4.39. The van der Waals surface area contributed by atoms with Gasteiger partial charge in [0.15, 0.2) is 0 Å². The van der Waals surface area contributed by atoms with Crippen LogP contribution < -0.4 is 10.6 Å². The van der Waals surface area contributed by atoms with Gasteiger partial charge in [-0.1, -0.05) is 12.1 Å². The standard InChI is InChI=1S/C15H21FN4/c1-11(2)20-10-12(9-18-20)15(8-17)19(3)14-7-5-4-6-13(14)16/h4-7,9-11,15H,8,17H2,1-3H3. The molecule has 0 amide bonds. The smallest absolute Gasteiger partial charge is 0.146 e. The van der Waals surface area contributed by atoms with E-state index < -0.39 is 0 Å². The molecule has 1 atom stereocenters. The van der Waals surface area contributed by atoms with Gasteiger partial charge < -0.3 is 10.6 Å². The van der Waals surface area contributed by atoms with Crippen LogP contribution in [0.25, 0.3) is 0 Å². The zero-order chi connectivity index (χ0) is 14.7. The molecular formula is C15H21FN4. The Labute approximate surface area is 119 Å². The van der Waals surface area contributed by atoms with Crippen LogP contribution in [0.3, 0.4) is 0 Å². The molecule has 1 unspecified atom stereocenters. The Balaban J connectivity index is 2.29. The summed E-state index contributed by atoms with van der Waals surface area (Å²) in [5.41, 5.74) is 7.41. The average molecular weight is 276 g/mol. The molecule has 0 aliphatic carbocycles. The molecule has 2 aromatic rings. The lowest BCUT2D eigenvalue weighted by Gasteiger charge is -2.28. The summed E-state index contributed by atoms with van der Waals surface area (Å²) in [7, 11) is 1.85. The molecule has 0 radical (unpaired) electrons. The Morgan fingerprint density at radius 2 is 2.05 bits per heavy atom. The van der Waals surface area contributed by atoms with Crippen molar-refractivity contribution in [2.75, 3.05) is 18.5 Å². The third-order valence-corrected chi connectivity index (χ3v) is 3.46. The molecule has 0 fully saturated rings. The van der Waals surface area contributed by atoms with Crippen LogP contribution in [0.15, 0.2) is 36.7 Å². The Morgan fingerprint density at radius 1 is 1.35 bits per heavy atom. The van der Waals surface area contributed by atoms with Crippen molar-refractivity contribution in [3.8, 4) is 0 Å². The highest BCUT2D eigenvalue weighted by Crippen LogP contribution is 2.27. The third kappa shape index (κ3) is 2.82. The summed E-state index contributed by atoms with van der Waals surface area (Å²) in [6.07, 6.45) is 3.77. The topological polar surface area (TPSA) is 47.1 Å². The molecule has 108 valence electrons. The molecule has 2 N–H and O–H groups in total. The number of anilines is 1. The maximum absolute atomic E-state index is 13.9. The molecule has 4 nitrogen and oxygen atoms in total. The lowest BCUT2D eigenvalue weighted by molar-refractivity contribution is 0.531. The molecule has 0 spiro atoms. The van der Waals surface area contributed by atoms with Crippen molar-refractivity contribution in [1.29, 1.82) is 0 Å². The molecule has 0 aliphatic heterocycles. The van der Waals surface area contributed by atoms with E-state index in [0.29, 0.717) is 18.3 Å². The van der Waals surface area contributed by atoms with E-state index in [0.717, 1.165) is 5.56 Å². The number of likely N-dealkylation sites (N-methyl/N-ethyl adjacent to an activating group) is 1. The van der Waals surface area contributed by atoms with Crippen molar-refractivity contribution in [2.45, 2.75) is 25.9 Å². The van der Waals surface area contributed by atoms with Gasteiger partial charge in [-0.15, -0.1) is 0 Å². The summed E-state index contributed by atoms with van der Waals surface area (Å²) in [5, 5.41) is 4.32. The van der Waals surface area contributed by atoms with Crippen LogP contribution in [0.1, 0.15) is 31.5 Å². The van der Waals surface area contributed by atoms with Gasteiger partial charge in [0.25, 0.3) is 0 Å². The third-order valence-electron chi connectivity index (χ3n) is 3.46. The first-order chi connectivity index (χ1) is 9.54. The van der Waals surface area contributed by atoms with Crippen LogP contribution in [-0.2, 0) is 0 Å². The molecule has 1 aromatic heterocycles. The fraction of sp³-hybridized carbons (Fsp3) is 0.400. The predicted octanol–water partition coefficient (Wildman–Crippen LogP) is 2.74. The lowest BCUT2D eigenvalue weighted by atomic mass is 10.1. The van der Waals surface area contributed by atoms with Crippen LogP contribution in [0.4, 0.5) is 10.1 Å². The second-order valence-corrected chi connectivity index (χ2v) is 5.16. The van der Waals surface area contributed by atoms with Crippen molar-refractivity contribution in [3.63, 3.8) is 0 Å². The molecule has 1 aromatic carbocycles. The van der Waals surface area contributed by atoms with Gasteiger partial charge in [0.1, 0.15) is 5.82 Å². The minimum absolute atomic E-state index is 0.0978. The van der Waals surface area contributed by atoms with Gasteiger partial charge in [0.05, 0.1) is 17.9 Å². The van der Waals surface area contributed by atoms with Crippen molar-refractivity contribution in [3.05, 3.63) is 48.0 Å². The lowest BCUT2D eigenvalue weighted by Crippen LogP contribution is -2.30. The molecule has 2 rings (SSSR count). The van der Waals surface area contributed by atoms with E-state index in [1.165, 1.54) is 6.07 Å². The summed E-state index contributed by atoms with van der Waals surface area (Å²) in [4.78, 5) is 1.86. The number of nitrogens with zero attached hydrogens (tertiary/aromatic N) is 3. The first kappa shape index (κ1) is 14.5. The minimum atomic E-state index is -0.246. The van der Waals surface area contributed by atoms with E-state index in [1.54, 1.807) is 18.3 Å². The van der Waals surface area contributed by atoms with Crippen molar-refractivity contribution < 1.29 is 4.39 Å². The van der Waals surface area contributed by atoms with Gasteiger partial charge in [-0.05, 0) is 26.0 Å². The molecule has 20 heavy (non-hydrogen) atoms. The summed E-state index contributed by atoms with van der Waals surface area (Å²) in [6.45, 7) is 4.53. The zero-order valence-corrected chi connectivity index (χ0v) is 12.1. The molecule has 0 bridgehead atoms. The Morgan fingerprint density at radius 3 is 2.60 bits per heavy atom. The highest BCUT2D eigenvalue weighted by molar-refractivity contribution is 5.49. The van der Waals surface area contributed by atoms with Gasteiger partial charge in [-0.25, -0.2) is 4.39 Å². The number of nitrogens with two attached hydrogens (primary N) is 1. The SMILES string of the molecule is CC(C)n1cc(C(CN)N(C)c2ccccc2F)cn1. The predicted molar refractivity (Wildman–Crippen MR) is 79.2 cm³/mol. The Hall–Kier alpha value is -1.88. The maximum atomic E-state index is 13.9. The number of hydrogen-bond donors (Lipinski definition) is 1. The number of aromatic nitrogens is 2. The number of para-hydroxylation sites is 1. The van der Waals surface area contributed by atoms with E-state index in [-0.39, 0.29) is 11.9 Å². The average Bonchev–Trinajstić information content (AvgIpc) is 2.89. The molecule has 0 aliphatic rings. The summed E-state index contributed by atoms with van der Waals surface area (Å²) in [6, 6.07) is 6.91. The molecule has 0 saturated heterocycles. The first-order valence-electron chi connectivity index (χ1n) is 6.76. The van der Waals surface area contributed by atoms with E-state index in [4.69, 9.17) is 5.73 Å². The van der Waals surface area contributed by atoms with E-state index in [2.05, 4.69) is 18.9 Å². The second kappa shape index (κ2) is 6.05. The van der Waals surface area contributed by atoms with Crippen LogP contribution in [0.2, 0.25) is 0 Å². The number of benzene rings is 1. The molecular weight excluding hydrogens is 255 g/mol. The number of halogens is 1. The van der Waals surface area contributed by atoms with Crippen LogP contribution in [-0.4, -0.2) is 23.4 Å². The van der Waals surface area contributed by atoms with Gasteiger partial charge >= 0.3 is 0 Å². The summed E-state index contributed by atoms with van der Waals surface area (Å²) in [5.74, 6) is -0.246. The minimum Gasteiger partial charge on any atom is -0.364 e. The van der Waals surface area contributed by atoms with E-state index in [1.807, 2.05) is 28.9 Å². The van der Waals surface area contributed by atoms with Gasteiger partial charge in [0.2, 0.25) is 0 Å². The van der Waals surface area contributed by atoms with Crippen LogP contribution in [0, 0.1) is 5.82 Å². The van der Waals surface area contributed by atoms with Crippen molar-refractivity contribution >= 4 is 5.69 Å². The largest absolute Gasteiger partial charge is 0.364 e. The first-order valence-corrected chi connectivity index (χ1v) is 6.76. The zero-order valence-electron chi connectivity index (χ0n) is 12.1. The normalized spacial score (nSPS) is 12.7. The Bertz CT molecular complexity index is 565. The van der Waals surface area contributed by atoms with Crippen molar-refractivity contribution in [1.82, 2.24) is 9.78 Å². The number of hydrogen-bond acceptors (Lipinski definition) is 3. The highest BCUT2D eigenvalue weighted by Gasteiger charge is 2.20. The summed E-state index contributed by atoms with van der Waals surface area (Å²) < 4.78 is 15.8. The van der Waals surface area contributed by atoms with Crippen LogP contribution in [0.5, 0.6) is 0 Å². The van der Waals surface area contributed by atoms with Crippen molar-refractivity contribution in [2.24, 2.45) is 5.73 Å². The van der Waals surface area contributed by atoms with Gasteiger partial charge in [-0.2, -0.15) is 5.10 Å². The number of rotatable bonds is 5. The fourth-order valence-electron chi connectivity index (χ4n) is 2.23. The van der Waals surface area contributed by atoms with Gasteiger partial charge in [-0.3, -0.25) is 4.68 Å². The molecule has 5 heteroatoms. The monoisotopic (exact) mass is 276 g/mol. The van der Waals surface area contributed by atoms with E-state index in [9.17, 15) is 4.39 Å². The maximum Gasteiger partial charge on any atom is 0.146 e. The molecule has 1 heterocycles. The fourth-order valence-corrected chi connectivity index (χ4v) is 2.23. The molecule has 0 saturated carbocycles.